The summed E-state index contributed by atoms with van der Waals surface area (Å²) in [5.74, 6) is 1.43. The highest BCUT2D eigenvalue weighted by atomic mass is 16.6. The van der Waals surface area contributed by atoms with Gasteiger partial charge in [0.05, 0.1) is 5.69 Å². The first-order valence-corrected chi connectivity index (χ1v) is 6.86. The molecular weight excluding hydrogens is 284 g/mol. The first-order valence-electron chi connectivity index (χ1n) is 6.86. The van der Waals surface area contributed by atoms with Crippen LogP contribution in [0.25, 0.3) is 11.3 Å². The molecule has 3 aromatic heterocycles. The molecule has 0 aliphatic heterocycles. The second kappa shape index (κ2) is 5.24. The predicted molar refractivity (Wildman–Crippen MR) is 81.9 cm³/mol. The number of rotatable bonds is 4. The Morgan fingerprint density at radius 3 is 2.18 bits per heavy atom. The molecule has 0 saturated heterocycles. The van der Waals surface area contributed by atoms with Crippen LogP contribution in [0.4, 0.5) is 11.6 Å². The number of nitrogens with zero attached hydrogens (tertiary/aromatic N) is 7. The standard InChI is InChI=1S/C13H18N8O/c1-7-9(8(2)17-16-7)6-21(5)13-12(20(3)4)14-10-11(15-13)19-22-18-10/h6H2,1-5H3,(H,16,17). The maximum Gasteiger partial charge on any atom is 0.245 e. The van der Waals surface area contributed by atoms with Crippen molar-refractivity contribution in [3.63, 3.8) is 0 Å². The third kappa shape index (κ3) is 2.34. The number of fused-ring (bicyclic) bond motifs is 1. The molecule has 0 saturated carbocycles. The lowest BCUT2D eigenvalue weighted by Gasteiger charge is -2.23. The second-order valence-electron chi connectivity index (χ2n) is 5.45. The van der Waals surface area contributed by atoms with Crippen LogP contribution in [0.3, 0.4) is 0 Å². The molecule has 0 radical (unpaired) electrons. The minimum absolute atomic E-state index is 0.396. The number of hydrogen-bond donors (Lipinski definition) is 1. The van der Waals surface area contributed by atoms with Gasteiger partial charge in [0.1, 0.15) is 0 Å². The Labute approximate surface area is 127 Å². The fourth-order valence-electron chi connectivity index (χ4n) is 2.30. The van der Waals surface area contributed by atoms with E-state index in [0.717, 1.165) is 17.0 Å². The second-order valence-corrected chi connectivity index (χ2v) is 5.45. The summed E-state index contributed by atoms with van der Waals surface area (Å²) in [6, 6.07) is 0. The molecule has 0 amide bonds. The largest absolute Gasteiger partial charge is 0.360 e. The Kier molecular flexibility index (Phi) is 3.39. The van der Waals surface area contributed by atoms with E-state index in [0.29, 0.717) is 29.5 Å². The van der Waals surface area contributed by atoms with Gasteiger partial charge in [-0.25, -0.2) is 14.6 Å². The predicted octanol–water partition coefficient (Wildman–Crippen LogP) is 1.06. The van der Waals surface area contributed by atoms with Crippen LogP contribution in [-0.4, -0.2) is 51.6 Å². The highest BCUT2D eigenvalue weighted by Crippen LogP contribution is 2.26. The van der Waals surface area contributed by atoms with Crippen LogP contribution in [0.5, 0.6) is 0 Å². The minimum Gasteiger partial charge on any atom is -0.360 e. The van der Waals surface area contributed by atoms with Gasteiger partial charge in [-0.3, -0.25) is 5.10 Å². The average molecular weight is 302 g/mol. The summed E-state index contributed by atoms with van der Waals surface area (Å²) >= 11 is 0. The van der Waals surface area contributed by atoms with E-state index in [9.17, 15) is 0 Å². The Balaban J connectivity index is 2.02. The Morgan fingerprint density at radius 2 is 1.64 bits per heavy atom. The summed E-state index contributed by atoms with van der Waals surface area (Å²) in [7, 11) is 5.78. The maximum atomic E-state index is 4.70. The molecular formula is C13H18N8O. The number of anilines is 2. The van der Waals surface area contributed by atoms with Gasteiger partial charge in [0, 0.05) is 38.9 Å². The van der Waals surface area contributed by atoms with E-state index in [2.05, 4.69) is 30.5 Å². The third-order valence-corrected chi connectivity index (χ3v) is 3.54. The molecule has 0 aromatic carbocycles. The highest BCUT2D eigenvalue weighted by molar-refractivity contribution is 5.74. The number of H-pyrrole nitrogens is 1. The highest BCUT2D eigenvalue weighted by Gasteiger charge is 2.19. The molecule has 0 atom stereocenters. The summed E-state index contributed by atoms with van der Waals surface area (Å²) < 4.78 is 4.70. The van der Waals surface area contributed by atoms with Crippen molar-refractivity contribution in [2.24, 2.45) is 0 Å². The minimum atomic E-state index is 0.396. The van der Waals surface area contributed by atoms with E-state index in [1.807, 2.05) is 44.8 Å². The Morgan fingerprint density at radius 1 is 1.00 bits per heavy atom. The van der Waals surface area contributed by atoms with E-state index < -0.39 is 0 Å². The summed E-state index contributed by atoms with van der Waals surface area (Å²) in [5, 5.41) is 14.7. The third-order valence-electron chi connectivity index (χ3n) is 3.54. The van der Waals surface area contributed by atoms with Crippen LogP contribution in [0.15, 0.2) is 4.63 Å². The van der Waals surface area contributed by atoms with Gasteiger partial charge >= 0.3 is 0 Å². The van der Waals surface area contributed by atoms with Gasteiger partial charge in [0.2, 0.25) is 11.3 Å². The smallest absolute Gasteiger partial charge is 0.245 e. The maximum absolute atomic E-state index is 4.70. The first kappa shape index (κ1) is 14.2. The van der Waals surface area contributed by atoms with Gasteiger partial charge in [-0.05, 0) is 24.2 Å². The van der Waals surface area contributed by atoms with E-state index in [1.165, 1.54) is 0 Å². The van der Waals surface area contributed by atoms with Crippen molar-refractivity contribution in [2.75, 3.05) is 30.9 Å². The lowest BCUT2D eigenvalue weighted by Crippen LogP contribution is -2.23. The molecule has 22 heavy (non-hydrogen) atoms. The number of hydrogen-bond acceptors (Lipinski definition) is 8. The Hall–Kier alpha value is -2.71. The Bertz CT molecular complexity index is 786. The summed E-state index contributed by atoms with van der Waals surface area (Å²) in [6.45, 7) is 4.66. The van der Waals surface area contributed by atoms with Gasteiger partial charge in [-0.15, -0.1) is 0 Å². The molecule has 3 aromatic rings. The van der Waals surface area contributed by atoms with Crippen molar-refractivity contribution in [3.8, 4) is 0 Å². The van der Waals surface area contributed by atoms with Gasteiger partial charge in [-0.2, -0.15) is 5.10 Å². The van der Waals surface area contributed by atoms with Gasteiger partial charge in [0.25, 0.3) is 0 Å². The molecule has 0 unspecified atom stereocenters. The zero-order chi connectivity index (χ0) is 15.9. The molecule has 3 heterocycles. The van der Waals surface area contributed by atoms with Gasteiger partial charge in [0.15, 0.2) is 11.6 Å². The molecule has 3 rings (SSSR count). The summed E-state index contributed by atoms with van der Waals surface area (Å²) in [5.41, 5.74) is 3.97. The lowest BCUT2D eigenvalue weighted by molar-refractivity contribution is 0.314. The van der Waals surface area contributed by atoms with Crippen molar-refractivity contribution in [1.29, 1.82) is 0 Å². The van der Waals surface area contributed by atoms with Crippen LogP contribution < -0.4 is 9.80 Å². The topological polar surface area (TPSA) is 99.9 Å². The van der Waals surface area contributed by atoms with E-state index in [4.69, 9.17) is 4.63 Å². The van der Waals surface area contributed by atoms with Crippen LogP contribution in [0, 0.1) is 13.8 Å². The number of aromatic nitrogens is 6. The van der Waals surface area contributed by atoms with Crippen LogP contribution in [0.1, 0.15) is 17.0 Å². The van der Waals surface area contributed by atoms with Gasteiger partial charge < -0.3 is 9.80 Å². The van der Waals surface area contributed by atoms with Crippen LogP contribution in [-0.2, 0) is 6.54 Å². The molecule has 0 fully saturated rings. The lowest BCUT2D eigenvalue weighted by atomic mass is 10.2. The van der Waals surface area contributed by atoms with E-state index in [1.54, 1.807) is 0 Å². The fourth-order valence-corrected chi connectivity index (χ4v) is 2.30. The molecule has 0 spiro atoms. The van der Waals surface area contributed by atoms with Crippen molar-refractivity contribution < 1.29 is 4.63 Å². The zero-order valence-corrected chi connectivity index (χ0v) is 13.2. The monoisotopic (exact) mass is 302 g/mol. The SMILES string of the molecule is Cc1n[nH]c(C)c1CN(C)c1nc2nonc2nc1N(C)C. The normalized spacial score (nSPS) is 11.1. The molecule has 0 aliphatic carbocycles. The number of aryl methyl sites for hydroxylation is 2. The number of nitrogens with one attached hydrogen (secondary N) is 1. The molecule has 0 aliphatic rings. The quantitative estimate of drug-likeness (QED) is 0.763. The van der Waals surface area contributed by atoms with E-state index in [-0.39, 0.29) is 0 Å². The average Bonchev–Trinajstić information content (AvgIpc) is 3.06. The molecule has 1 N–H and O–H groups in total. The van der Waals surface area contributed by atoms with E-state index >= 15 is 0 Å². The van der Waals surface area contributed by atoms with Crippen LogP contribution in [0.2, 0.25) is 0 Å². The van der Waals surface area contributed by atoms with Crippen molar-refractivity contribution in [1.82, 2.24) is 30.5 Å². The molecule has 9 heteroatoms. The molecule has 0 bridgehead atoms. The molecule has 116 valence electrons. The van der Waals surface area contributed by atoms with Crippen molar-refractivity contribution in [2.45, 2.75) is 20.4 Å². The summed E-state index contributed by atoms with van der Waals surface area (Å²) in [6.07, 6.45) is 0. The van der Waals surface area contributed by atoms with Crippen molar-refractivity contribution in [3.05, 3.63) is 17.0 Å². The fraction of sp³-hybridized carbons (Fsp3) is 0.462. The van der Waals surface area contributed by atoms with Crippen LogP contribution >= 0.6 is 0 Å². The van der Waals surface area contributed by atoms with Crippen molar-refractivity contribution >= 4 is 22.9 Å². The number of aromatic amines is 1. The zero-order valence-electron chi connectivity index (χ0n) is 13.2. The molecule has 9 nitrogen and oxygen atoms in total. The summed E-state index contributed by atoms with van der Waals surface area (Å²) in [4.78, 5) is 12.9. The van der Waals surface area contributed by atoms with Gasteiger partial charge in [-0.1, -0.05) is 0 Å². The first-order chi connectivity index (χ1) is 10.5.